The number of aromatic nitrogens is 3. The van der Waals surface area contributed by atoms with E-state index < -0.39 is 0 Å². The topological polar surface area (TPSA) is 60.2 Å². The lowest BCUT2D eigenvalue weighted by atomic mass is 10.1. The number of hydrogen-bond donors (Lipinski definition) is 0. The van der Waals surface area contributed by atoms with E-state index in [9.17, 15) is 4.79 Å². The Morgan fingerprint density at radius 1 is 1.48 bits per heavy atom. The molecule has 0 N–H and O–H groups in total. The van der Waals surface area contributed by atoms with E-state index in [-0.39, 0.29) is 12.0 Å². The fourth-order valence-electron chi connectivity index (χ4n) is 3.72. The molecule has 3 aromatic heterocycles. The number of likely N-dealkylation sites (N-methyl/N-ethyl adjacent to an activating group) is 1. The van der Waals surface area contributed by atoms with Crippen LogP contribution in [0.5, 0.6) is 0 Å². The van der Waals surface area contributed by atoms with Gasteiger partial charge in [0.2, 0.25) is 0 Å². The summed E-state index contributed by atoms with van der Waals surface area (Å²) in [5.74, 6) is 0.0225. The summed E-state index contributed by atoms with van der Waals surface area (Å²) in [5.41, 5.74) is 3.06. The van der Waals surface area contributed by atoms with Crippen LogP contribution in [0, 0.1) is 6.92 Å². The van der Waals surface area contributed by atoms with Crippen LogP contribution in [-0.4, -0.2) is 51.4 Å². The first-order valence-electron chi connectivity index (χ1n) is 9.37. The molecule has 0 aromatic carbocycles. The number of rotatable bonds is 5. The van der Waals surface area contributed by atoms with E-state index in [0.29, 0.717) is 18.7 Å². The van der Waals surface area contributed by atoms with Crippen molar-refractivity contribution in [1.29, 1.82) is 0 Å². The van der Waals surface area contributed by atoms with Gasteiger partial charge in [-0.05, 0) is 44.2 Å². The standard InChI is InChI=1S/C20H24N4O2S/c1-4-24(12-14-7-5-9-26-14)20(25)15-11-16(17-8-6-10-27-17)21-19-18(15)13(2)22-23(19)3/h6,8,10-11,14H,4-5,7,9,12H2,1-3H3. The minimum absolute atomic E-state index is 0.0225. The number of ether oxygens (including phenoxy) is 1. The van der Waals surface area contributed by atoms with Gasteiger partial charge in [-0.1, -0.05) is 6.07 Å². The molecule has 1 aliphatic rings. The van der Waals surface area contributed by atoms with Crippen molar-refractivity contribution >= 4 is 28.3 Å². The first-order chi connectivity index (χ1) is 13.1. The average molecular weight is 385 g/mol. The second-order valence-corrected chi connectivity index (χ2v) is 7.87. The molecule has 142 valence electrons. The van der Waals surface area contributed by atoms with Gasteiger partial charge in [0.25, 0.3) is 5.91 Å². The second kappa shape index (κ2) is 7.40. The van der Waals surface area contributed by atoms with Crippen molar-refractivity contribution in [1.82, 2.24) is 19.7 Å². The molecular weight excluding hydrogens is 360 g/mol. The van der Waals surface area contributed by atoms with E-state index in [1.54, 1.807) is 16.0 Å². The van der Waals surface area contributed by atoms with E-state index in [1.807, 2.05) is 49.4 Å². The maximum absolute atomic E-state index is 13.5. The van der Waals surface area contributed by atoms with E-state index in [0.717, 1.165) is 46.7 Å². The number of aryl methyl sites for hydroxylation is 2. The molecular formula is C20H24N4O2S. The lowest BCUT2D eigenvalue weighted by Gasteiger charge is -2.24. The fourth-order valence-corrected chi connectivity index (χ4v) is 4.41. The summed E-state index contributed by atoms with van der Waals surface area (Å²) in [6.45, 7) is 6.02. The van der Waals surface area contributed by atoms with Crippen LogP contribution in [0.2, 0.25) is 0 Å². The average Bonchev–Trinajstić information content (AvgIpc) is 3.41. The summed E-state index contributed by atoms with van der Waals surface area (Å²) in [5, 5.41) is 7.37. The van der Waals surface area contributed by atoms with E-state index in [2.05, 4.69) is 5.10 Å². The first kappa shape index (κ1) is 18.1. The molecule has 0 spiro atoms. The van der Waals surface area contributed by atoms with E-state index in [4.69, 9.17) is 9.72 Å². The van der Waals surface area contributed by atoms with Gasteiger partial charge in [0.15, 0.2) is 5.65 Å². The monoisotopic (exact) mass is 384 g/mol. The summed E-state index contributed by atoms with van der Waals surface area (Å²) < 4.78 is 7.51. The van der Waals surface area contributed by atoms with Crippen LogP contribution >= 0.6 is 11.3 Å². The van der Waals surface area contributed by atoms with Crippen molar-refractivity contribution in [2.75, 3.05) is 19.7 Å². The van der Waals surface area contributed by atoms with Gasteiger partial charge in [0, 0.05) is 26.7 Å². The lowest BCUT2D eigenvalue weighted by molar-refractivity contribution is 0.0540. The van der Waals surface area contributed by atoms with Gasteiger partial charge in [-0.2, -0.15) is 5.10 Å². The van der Waals surface area contributed by atoms with Gasteiger partial charge in [0.05, 0.1) is 33.3 Å². The third-order valence-electron chi connectivity index (χ3n) is 5.09. The highest BCUT2D eigenvalue weighted by Crippen LogP contribution is 2.30. The number of pyridine rings is 1. The van der Waals surface area contributed by atoms with Gasteiger partial charge in [-0.15, -0.1) is 11.3 Å². The number of carbonyl (C=O) groups excluding carboxylic acids is 1. The first-order valence-corrected chi connectivity index (χ1v) is 10.3. The summed E-state index contributed by atoms with van der Waals surface area (Å²) in [6.07, 6.45) is 2.22. The molecule has 0 saturated carbocycles. The molecule has 1 atom stereocenters. The zero-order valence-electron chi connectivity index (χ0n) is 15.9. The van der Waals surface area contributed by atoms with Crippen molar-refractivity contribution in [3.05, 3.63) is 34.8 Å². The van der Waals surface area contributed by atoms with Crippen LogP contribution in [0.4, 0.5) is 0 Å². The smallest absolute Gasteiger partial charge is 0.254 e. The predicted octanol–water partition coefficient (Wildman–Crippen LogP) is 3.65. The number of thiophene rings is 1. The third kappa shape index (κ3) is 3.37. The molecule has 4 rings (SSSR count). The van der Waals surface area contributed by atoms with Gasteiger partial charge < -0.3 is 9.64 Å². The van der Waals surface area contributed by atoms with Crippen LogP contribution in [0.3, 0.4) is 0 Å². The Kier molecular flexibility index (Phi) is 4.97. The van der Waals surface area contributed by atoms with E-state index in [1.165, 1.54) is 0 Å². The molecule has 7 heteroatoms. The lowest BCUT2D eigenvalue weighted by Crippen LogP contribution is -2.37. The quantitative estimate of drug-likeness (QED) is 0.674. The fraction of sp³-hybridized carbons (Fsp3) is 0.450. The van der Waals surface area contributed by atoms with Crippen molar-refractivity contribution in [3.63, 3.8) is 0 Å². The number of amides is 1. The third-order valence-corrected chi connectivity index (χ3v) is 5.98. The summed E-state index contributed by atoms with van der Waals surface area (Å²) in [6, 6.07) is 5.95. The number of fused-ring (bicyclic) bond motifs is 1. The molecule has 0 aliphatic carbocycles. The van der Waals surface area contributed by atoms with Crippen molar-refractivity contribution in [2.24, 2.45) is 7.05 Å². The Morgan fingerprint density at radius 2 is 2.33 bits per heavy atom. The Morgan fingerprint density at radius 3 is 3.00 bits per heavy atom. The Hall–Kier alpha value is -2.25. The molecule has 1 aliphatic heterocycles. The van der Waals surface area contributed by atoms with Gasteiger partial charge >= 0.3 is 0 Å². The summed E-state index contributed by atoms with van der Waals surface area (Å²) in [4.78, 5) is 21.2. The Bertz CT molecular complexity index is 958. The van der Waals surface area contributed by atoms with Crippen LogP contribution in [0.1, 0.15) is 35.8 Å². The Balaban J connectivity index is 1.79. The highest BCUT2D eigenvalue weighted by molar-refractivity contribution is 7.13. The molecule has 4 heterocycles. The normalized spacial score (nSPS) is 16.9. The molecule has 1 saturated heterocycles. The van der Waals surface area contributed by atoms with Gasteiger partial charge in [0.1, 0.15) is 0 Å². The van der Waals surface area contributed by atoms with Crippen molar-refractivity contribution in [2.45, 2.75) is 32.8 Å². The molecule has 3 aromatic rings. The minimum Gasteiger partial charge on any atom is -0.376 e. The van der Waals surface area contributed by atoms with Gasteiger partial charge in [-0.25, -0.2) is 4.98 Å². The maximum Gasteiger partial charge on any atom is 0.254 e. The number of nitrogens with zero attached hydrogens (tertiary/aromatic N) is 4. The van der Waals surface area contributed by atoms with Crippen LogP contribution in [-0.2, 0) is 11.8 Å². The predicted molar refractivity (Wildman–Crippen MR) is 107 cm³/mol. The minimum atomic E-state index is 0.0225. The molecule has 1 unspecified atom stereocenters. The van der Waals surface area contributed by atoms with Crippen LogP contribution in [0.25, 0.3) is 21.6 Å². The number of carbonyl (C=O) groups is 1. The zero-order valence-corrected chi connectivity index (χ0v) is 16.8. The summed E-state index contributed by atoms with van der Waals surface area (Å²) in [7, 11) is 1.87. The largest absolute Gasteiger partial charge is 0.376 e. The van der Waals surface area contributed by atoms with E-state index >= 15 is 0 Å². The highest BCUT2D eigenvalue weighted by Gasteiger charge is 2.26. The SMILES string of the molecule is CCN(CC1CCCO1)C(=O)c1cc(-c2cccs2)nc2c1c(C)nn2C. The molecule has 1 fully saturated rings. The maximum atomic E-state index is 13.5. The molecule has 0 bridgehead atoms. The van der Waals surface area contributed by atoms with Crippen LogP contribution in [0.15, 0.2) is 23.6 Å². The second-order valence-electron chi connectivity index (χ2n) is 6.92. The Labute approximate surface area is 162 Å². The molecule has 0 radical (unpaired) electrons. The zero-order chi connectivity index (χ0) is 19.0. The number of hydrogen-bond acceptors (Lipinski definition) is 5. The molecule has 27 heavy (non-hydrogen) atoms. The highest BCUT2D eigenvalue weighted by atomic mass is 32.1. The van der Waals surface area contributed by atoms with Gasteiger partial charge in [-0.3, -0.25) is 9.48 Å². The molecule has 1 amide bonds. The van der Waals surface area contributed by atoms with Crippen LogP contribution < -0.4 is 0 Å². The summed E-state index contributed by atoms with van der Waals surface area (Å²) >= 11 is 1.62. The molecule has 6 nitrogen and oxygen atoms in total. The van der Waals surface area contributed by atoms with Crippen molar-refractivity contribution < 1.29 is 9.53 Å². The van der Waals surface area contributed by atoms with Crippen molar-refractivity contribution in [3.8, 4) is 10.6 Å².